The van der Waals surface area contributed by atoms with Crippen LogP contribution in [0.15, 0.2) is 0 Å². The molecule has 0 aromatic rings. The highest BCUT2D eigenvalue weighted by atomic mass is 16.2. The van der Waals surface area contributed by atoms with Crippen molar-refractivity contribution in [2.75, 3.05) is 32.7 Å². The van der Waals surface area contributed by atoms with E-state index < -0.39 is 5.54 Å². The van der Waals surface area contributed by atoms with Crippen LogP contribution in [0.4, 0.5) is 0 Å². The molecule has 1 rings (SSSR count). The van der Waals surface area contributed by atoms with Gasteiger partial charge in [0.2, 0.25) is 5.91 Å². The van der Waals surface area contributed by atoms with Gasteiger partial charge in [-0.2, -0.15) is 5.26 Å². The first-order valence-corrected chi connectivity index (χ1v) is 8.03. The second-order valence-electron chi connectivity index (χ2n) is 6.46. The number of amides is 1. The third-order valence-corrected chi connectivity index (χ3v) is 4.77. The predicted octanol–water partition coefficient (Wildman–Crippen LogP) is 1.46. The summed E-state index contributed by atoms with van der Waals surface area (Å²) in [6.07, 6.45) is 1.09. The minimum Gasteiger partial charge on any atom is -0.336 e. The van der Waals surface area contributed by atoms with Crippen LogP contribution in [0.25, 0.3) is 0 Å². The third kappa shape index (κ3) is 4.69. The zero-order valence-electron chi connectivity index (χ0n) is 14.1. The lowest BCUT2D eigenvalue weighted by Gasteiger charge is -2.32. The Morgan fingerprint density at radius 3 is 2.48 bits per heavy atom. The summed E-state index contributed by atoms with van der Waals surface area (Å²) < 4.78 is 0. The number of hydrogen-bond acceptors (Lipinski definition) is 4. The molecule has 1 aliphatic rings. The summed E-state index contributed by atoms with van der Waals surface area (Å²) in [4.78, 5) is 17.1. The number of likely N-dealkylation sites (N-methyl/N-ethyl adjacent to an activating group) is 1. The maximum Gasteiger partial charge on any atom is 0.238 e. The first-order valence-electron chi connectivity index (χ1n) is 8.03. The van der Waals surface area contributed by atoms with E-state index in [1.807, 2.05) is 20.8 Å². The Labute approximate surface area is 129 Å². The van der Waals surface area contributed by atoms with Crippen LogP contribution in [0.1, 0.15) is 41.0 Å². The zero-order valence-corrected chi connectivity index (χ0v) is 14.1. The Balaban J connectivity index is 2.64. The molecule has 21 heavy (non-hydrogen) atoms. The Bertz CT molecular complexity index is 390. The topological polar surface area (TPSA) is 59.4 Å². The molecule has 2 atom stereocenters. The lowest BCUT2D eigenvalue weighted by Crippen LogP contribution is -2.55. The van der Waals surface area contributed by atoms with Gasteiger partial charge < -0.3 is 10.2 Å². The van der Waals surface area contributed by atoms with Crippen molar-refractivity contribution < 1.29 is 4.79 Å². The minimum absolute atomic E-state index is 0.0438. The van der Waals surface area contributed by atoms with Gasteiger partial charge in [-0.3, -0.25) is 9.69 Å². The summed E-state index contributed by atoms with van der Waals surface area (Å²) in [6, 6.07) is 2.05. The molecule has 0 spiro atoms. The summed E-state index contributed by atoms with van der Waals surface area (Å²) in [6.45, 7) is 14.8. The number of carbonyl (C=O) groups excluding carboxylic acids is 1. The Kier molecular flexibility index (Phi) is 6.63. The Morgan fingerprint density at radius 1 is 1.29 bits per heavy atom. The fourth-order valence-corrected chi connectivity index (χ4v) is 2.52. The van der Waals surface area contributed by atoms with Crippen molar-refractivity contribution >= 4 is 5.91 Å². The van der Waals surface area contributed by atoms with E-state index in [0.717, 1.165) is 39.1 Å². The van der Waals surface area contributed by atoms with E-state index in [1.54, 1.807) is 6.92 Å². The van der Waals surface area contributed by atoms with Gasteiger partial charge in [0, 0.05) is 19.6 Å². The van der Waals surface area contributed by atoms with Gasteiger partial charge in [-0.1, -0.05) is 20.8 Å². The monoisotopic (exact) mass is 294 g/mol. The predicted molar refractivity (Wildman–Crippen MR) is 84.8 cm³/mol. The Morgan fingerprint density at radius 2 is 1.95 bits per heavy atom. The number of nitriles is 1. The van der Waals surface area contributed by atoms with Crippen LogP contribution in [0.2, 0.25) is 0 Å². The first kappa shape index (κ1) is 17.9. The number of carbonyl (C=O) groups is 1. The van der Waals surface area contributed by atoms with Crippen molar-refractivity contribution in [3.8, 4) is 6.07 Å². The van der Waals surface area contributed by atoms with E-state index in [9.17, 15) is 10.1 Å². The second-order valence-corrected chi connectivity index (χ2v) is 6.46. The molecule has 0 aromatic heterocycles. The molecule has 1 aliphatic heterocycles. The molecule has 1 saturated heterocycles. The quantitative estimate of drug-likeness (QED) is 0.834. The van der Waals surface area contributed by atoms with Crippen LogP contribution in [0, 0.1) is 17.2 Å². The molecule has 0 aliphatic carbocycles. The van der Waals surface area contributed by atoms with Crippen LogP contribution >= 0.6 is 0 Å². The van der Waals surface area contributed by atoms with Crippen molar-refractivity contribution in [3.63, 3.8) is 0 Å². The summed E-state index contributed by atoms with van der Waals surface area (Å²) >= 11 is 0. The number of nitrogens with one attached hydrogen (secondary N) is 1. The average Bonchev–Trinajstić information content (AvgIpc) is 2.71. The SMILES string of the molecule is CCN1CCCN([C@@H](C)C(=O)N[C@@](C)(C#N)C(C)C)CC1. The lowest BCUT2D eigenvalue weighted by molar-refractivity contribution is -0.127. The van der Waals surface area contributed by atoms with Gasteiger partial charge in [0.05, 0.1) is 12.1 Å². The van der Waals surface area contributed by atoms with Crippen LogP contribution in [-0.4, -0.2) is 60.0 Å². The summed E-state index contributed by atoms with van der Waals surface area (Å²) in [5, 5.41) is 12.3. The van der Waals surface area contributed by atoms with Gasteiger partial charge in [0.15, 0.2) is 0 Å². The van der Waals surface area contributed by atoms with Crippen LogP contribution in [0.3, 0.4) is 0 Å². The molecule has 5 nitrogen and oxygen atoms in total. The van der Waals surface area contributed by atoms with Crippen molar-refractivity contribution in [3.05, 3.63) is 0 Å². The van der Waals surface area contributed by atoms with E-state index >= 15 is 0 Å². The van der Waals surface area contributed by atoms with E-state index in [-0.39, 0.29) is 17.9 Å². The normalized spacial score (nSPS) is 22.1. The molecule has 0 unspecified atom stereocenters. The minimum atomic E-state index is -0.799. The van der Waals surface area contributed by atoms with Crippen molar-refractivity contribution in [2.24, 2.45) is 5.92 Å². The van der Waals surface area contributed by atoms with Gasteiger partial charge in [0.25, 0.3) is 0 Å². The van der Waals surface area contributed by atoms with Crippen LogP contribution in [0.5, 0.6) is 0 Å². The molecule has 1 fully saturated rings. The van der Waals surface area contributed by atoms with Gasteiger partial charge in [-0.05, 0) is 39.3 Å². The molecule has 0 bridgehead atoms. The van der Waals surface area contributed by atoms with E-state index in [2.05, 4.69) is 28.1 Å². The lowest BCUT2D eigenvalue weighted by atomic mass is 9.89. The molecule has 120 valence electrons. The standard InChI is InChI=1S/C16H30N4O/c1-6-19-8-7-9-20(11-10-19)14(4)15(21)18-16(5,12-17)13(2)3/h13-14H,6-11H2,1-5H3,(H,18,21)/t14-,16-/m0/s1. The molecule has 5 heteroatoms. The summed E-state index contributed by atoms with van der Waals surface area (Å²) in [5.41, 5.74) is -0.799. The fourth-order valence-electron chi connectivity index (χ4n) is 2.52. The fraction of sp³-hybridized carbons (Fsp3) is 0.875. The van der Waals surface area contributed by atoms with Gasteiger partial charge >= 0.3 is 0 Å². The Hall–Kier alpha value is -1.12. The molecule has 0 aromatic carbocycles. The van der Waals surface area contributed by atoms with E-state index in [0.29, 0.717) is 0 Å². The van der Waals surface area contributed by atoms with E-state index in [1.165, 1.54) is 0 Å². The second kappa shape index (κ2) is 7.77. The van der Waals surface area contributed by atoms with Gasteiger partial charge in [-0.15, -0.1) is 0 Å². The third-order valence-electron chi connectivity index (χ3n) is 4.77. The van der Waals surface area contributed by atoms with Crippen molar-refractivity contribution in [1.82, 2.24) is 15.1 Å². The van der Waals surface area contributed by atoms with Crippen LogP contribution < -0.4 is 5.32 Å². The highest BCUT2D eigenvalue weighted by molar-refractivity contribution is 5.82. The number of hydrogen-bond donors (Lipinski definition) is 1. The molecule has 1 amide bonds. The maximum atomic E-state index is 12.5. The largest absolute Gasteiger partial charge is 0.336 e. The van der Waals surface area contributed by atoms with Gasteiger partial charge in [0.1, 0.15) is 5.54 Å². The van der Waals surface area contributed by atoms with Crippen molar-refractivity contribution in [1.29, 1.82) is 5.26 Å². The highest BCUT2D eigenvalue weighted by Crippen LogP contribution is 2.16. The van der Waals surface area contributed by atoms with E-state index in [4.69, 9.17) is 0 Å². The molecule has 0 radical (unpaired) electrons. The van der Waals surface area contributed by atoms with Crippen molar-refractivity contribution in [2.45, 2.75) is 52.6 Å². The maximum absolute atomic E-state index is 12.5. The van der Waals surface area contributed by atoms with Crippen LogP contribution in [-0.2, 0) is 4.79 Å². The highest BCUT2D eigenvalue weighted by Gasteiger charge is 2.33. The molecular formula is C16H30N4O. The molecule has 1 heterocycles. The summed E-state index contributed by atoms with van der Waals surface area (Å²) in [5.74, 6) is 0.0380. The molecular weight excluding hydrogens is 264 g/mol. The smallest absolute Gasteiger partial charge is 0.238 e. The number of nitrogens with zero attached hydrogens (tertiary/aromatic N) is 3. The zero-order chi connectivity index (χ0) is 16.0. The molecule has 1 N–H and O–H groups in total. The average molecular weight is 294 g/mol. The van der Waals surface area contributed by atoms with Gasteiger partial charge in [-0.25, -0.2) is 0 Å². The summed E-state index contributed by atoms with van der Waals surface area (Å²) in [7, 11) is 0. The molecule has 0 saturated carbocycles. The first-order chi connectivity index (χ1) is 9.84. The number of rotatable bonds is 5.